The van der Waals surface area contributed by atoms with Gasteiger partial charge in [-0.05, 0) is 50.1 Å². The quantitative estimate of drug-likeness (QED) is 0.608. The zero-order valence-electron chi connectivity index (χ0n) is 19.5. The van der Waals surface area contributed by atoms with E-state index in [1.165, 1.54) is 0 Å². The Morgan fingerprint density at radius 2 is 1.77 bits per heavy atom. The van der Waals surface area contributed by atoms with Crippen molar-refractivity contribution in [1.82, 2.24) is 14.5 Å². The number of amides is 1. The summed E-state index contributed by atoms with van der Waals surface area (Å²) in [6, 6.07) is 6.51. The number of aliphatic carboxylic acids is 1. The predicted octanol–water partition coefficient (Wildman–Crippen LogP) is 1.94. The molecule has 0 unspecified atom stereocenters. The maximum absolute atomic E-state index is 13.0. The number of carbonyl (C=O) groups excluding carboxylic acids is 1. The topological polar surface area (TPSA) is 116 Å². The van der Waals surface area contributed by atoms with Crippen molar-refractivity contribution < 1.29 is 41.0 Å². The smallest absolute Gasteiger partial charge is 0.490 e. The molecule has 0 saturated carbocycles. The fraction of sp³-hybridized carbons (Fsp3) is 0.636. The van der Waals surface area contributed by atoms with Gasteiger partial charge >= 0.3 is 12.1 Å². The van der Waals surface area contributed by atoms with Gasteiger partial charge in [0.1, 0.15) is 5.75 Å². The van der Waals surface area contributed by atoms with Gasteiger partial charge in [0.2, 0.25) is 15.9 Å². The first-order valence-corrected chi connectivity index (χ1v) is 12.8. The highest BCUT2D eigenvalue weighted by molar-refractivity contribution is 7.89. The molecule has 9 nitrogen and oxygen atoms in total. The molecule has 4 rings (SSSR count). The van der Waals surface area contributed by atoms with Gasteiger partial charge in [0, 0.05) is 37.6 Å². The molecule has 0 bridgehead atoms. The van der Waals surface area contributed by atoms with E-state index >= 15 is 0 Å². The molecule has 1 amide bonds. The number of sulfonamides is 1. The Bertz CT molecular complexity index is 1020. The van der Waals surface area contributed by atoms with Crippen LogP contribution in [0.3, 0.4) is 0 Å². The van der Waals surface area contributed by atoms with Crippen molar-refractivity contribution in [2.75, 3.05) is 39.8 Å². The number of halogens is 3. The average molecular weight is 522 g/mol. The molecule has 1 spiro atoms. The number of alkyl halides is 3. The first-order chi connectivity index (χ1) is 16.3. The van der Waals surface area contributed by atoms with Crippen molar-refractivity contribution in [1.29, 1.82) is 0 Å². The van der Waals surface area contributed by atoms with E-state index in [1.807, 2.05) is 0 Å². The van der Waals surface area contributed by atoms with Gasteiger partial charge in [-0.1, -0.05) is 6.92 Å². The maximum Gasteiger partial charge on any atom is 0.490 e. The minimum atomic E-state index is -5.08. The molecule has 0 radical (unpaired) electrons. The second-order valence-electron chi connectivity index (χ2n) is 9.00. The number of nitrogens with zero attached hydrogens (tertiary/aromatic N) is 2. The molecular weight excluding hydrogens is 491 g/mol. The molecule has 2 N–H and O–H groups in total. The van der Waals surface area contributed by atoms with Crippen LogP contribution >= 0.6 is 0 Å². The van der Waals surface area contributed by atoms with Crippen molar-refractivity contribution in [2.45, 2.75) is 42.8 Å². The summed E-state index contributed by atoms with van der Waals surface area (Å²) in [5, 5.41) is 10.4. The molecule has 3 heterocycles. The molecule has 3 fully saturated rings. The summed E-state index contributed by atoms with van der Waals surface area (Å²) in [6.45, 7) is 5.82. The number of methoxy groups -OCH3 is 1. The normalized spacial score (nSPS) is 24.4. The number of hydrogen-bond acceptors (Lipinski definition) is 6. The van der Waals surface area contributed by atoms with Gasteiger partial charge in [0.05, 0.1) is 17.9 Å². The largest absolute Gasteiger partial charge is 0.497 e. The van der Waals surface area contributed by atoms with Crippen molar-refractivity contribution in [3.8, 4) is 5.75 Å². The fourth-order valence-corrected chi connectivity index (χ4v) is 6.60. The third-order valence-corrected chi connectivity index (χ3v) is 8.82. The molecule has 0 aromatic heterocycles. The zero-order valence-corrected chi connectivity index (χ0v) is 20.4. The van der Waals surface area contributed by atoms with Gasteiger partial charge in [-0.15, -0.1) is 0 Å². The number of carboxylic acid groups (broad SMARTS) is 1. The van der Waals surface area contributed by atoms with E-state index in [0.717, 1.165) is 26.1 Å². The van der Waals surface area contributed by atoms with Crippen LogP contribution in [0.4, 0.5) is 13.2 Å². The number of carbonyl (C=O) groups is 2. The van der Waals surface area contributed by atoms with Crippen LogP contribution in [-0.2, 0) is 19.6 Å². The summed E-state index contributed by atoms with van der Waals surface area (Å²) in [5.41, 5.74) is -0.254. The second kappa shape index (κ2) is 10.3. The van der Waals surface area contributed by atoms with Gasteiger partial charge < -0.3 is 20.1 Å². The third kappa shape index (κ3) is 5.72. The lowest BCUT2D eigenvalue weighted by Gasteiger charge is -2.42. The van der Waals surface area contributed by atoms with Crippen molar-refractivity contribution in [3.63, 3.8) is 0 Å². The Morgan fingerprint density at radius 1 is 1.20 bits per heavy atom. The first-order valence-electron chi connectivity index (χ1n) is 11.3. The molecule has 13 heteroatoms. The van der Waals surface area contributed by atoms with Crippen LogP contribution in [0.25, 0.3) is 0 Å². The predicted molar refractivity (Wildman–Crippen MR) is 119 cm³/mol. The number of nitrogens with one attached hydrogen (secondary N) is 1. The molecule has 1 aromatic rings. The SMILES string of the molecule is CCCN1C[C@H]2C(=O)NC3(CCN(S(=O)(=O)c4ccc(OC)cc4)CC3)[C@H]2C1.O=C(O)C(F)(F)F. The molecule has 35 heavy (non-hydrogen) atoms. The molecule has 196 valence electrons. The van der Waals surface area contributed by atoms with E-state index in [9.17, 15) is 26.4 Å². The van der Waals surface area contributed by atoms with Crippen LogP contribution in [0, 0.1) is 11.8 Å². The lowest BCUT2D eigenvalue weighted by molar-refractivity contribution is -0.192. The van der Waals surface area contributed by atoms with Crippen LogP contribution in [0.5, 0.6) is 5.75 Å². The number of fused-ring (bicyclic) bond motifs is 2. The number of hydrogen-bond donors (Lipinski definition) is 2. The monoisotopic (exact) mass is 521 g/mol. The first kappa shape index (κ1) is 27.2. The van der Waals surface area contributed by atoms with E-state index in [2.05, 4.69) is 17.1 Å². The Morgan fingerprint density at radius 3 is 2.26 bits per heavy atom. The molecule has 3 saturated heterocycles. The maximum atomic E-state index is 13.0. The second-order valence-corrected chi connectivity index (χ2v) is 10.9. The van der Waals surface area contributed by atoms with Gasteiger partial charge in [0.25, 0.3) is 0 Å². The number of likely N-dealkylation sites (tertiary alicyclic amines) is 1. The van der Waals surface area contributed by atoms with Crippen LogP contribution in [0.15, 0.2) is 29.2 Å². The molecule has 1 aromatic carbocycles. The van der Waals surface area contributed by atoms with E-state index in [1.54, 1.807) is 35.7 Å². The average Bonchev–Trinajstić information content (AvgIpc) is 3.33. The Balaban J connectivity index is 0.000000429. The van der Waals surface area contributed by atoms with Crippen molar-refractivity contribution in [2.24, 2.45) is 11.8 Å². The van der Waals surface area contributed by atoms with Crippen LogP contribution < -0.4 is 10.1 Å². The number of ether oxygens (including phenoxy) is 1. The van der Waals surface area contributed by atoms with E-state index in [-0.39, 0.29) is 28.2 Å². The Hall–Kier alpha value is -2.38. The summed E-state index contributed by atoms with van der Waals surface area (Å²) in [7, 11) is -1.98. The van der Waals surface area contributed by atoms with Crippen LogP contribution in [-0.4, -0.2) is 86.2 Å². The lowest BCUT2D eigenvalue weighted by Crippen LogP contribution is -2.56. The van der Waals surface area contributed by atoms with Crippen LogP contribution in [0.2, 0.25) is 0 Å². The van der Waals surface area contributed by atoms with Crippen molar-refractivity contribution in [3.05, 3.63) is 24.3 Å². The van der Waals surface area contributed by atoms with E-state index < -0.39 is 22.2 Å². The minimum Gasteiger partial charge on any atom is -0.497 e. The molecular formula is C22H30F3N3O6S. The highest BCUT2D eigenvalue weighted by Gasteiger charge is 2.57. The molecule has 3 aliphatic rings. The lowest BCUT2D eigenvalue weighted by atomic mass is 9.76. The van der Waals surface area contributed by atoms with E-state index in [4.69, 9.17) is 14.6 Å². The zero-order chi connectivity index (χ0) is 26.0. The van der Waals surface area contributed by atoms with Crippen molar-refractivity contribution >= 4 is 21.9 Å². The van der Waals surface area contributed by atoms with Gasteiger partial charge in [0.15, 0.2) is 0 Å². The molecule has 2 atom stereocenters. The van der Waals surface area contributed by atoms with Crippen LogP contribution in [0.1, 0.15) is 26.2 Å². The summed E-state index contributed by atoms with van der Waals surface area (Å²) in [6.07, 6.45) is -2.65. The molecule has 0 aliphatic carbocycles. The highest BCUT2D eigenvalue weighted by Crippen LogP contribution is 2.44. The number of piperidine rings is 1. The fourth-order valence-electron chi connectivity index (χ4n) is 5.16. The van der Waals surface area contributed by atoms with Gasteiger partial charge in [-0.3, -0.25) is 4.79 Å². The summed E-state index contributed by atoms with van der Waals surface area (Å²) < 4.78 is 64.4. The number of carboxylic acids is 1. The third-order valence-electron chi connectivity index (χ3n) is 6.91. The van der Waals surface area contributed by atoms with E-state index in [0.29, 0.717) is 31.7 Å². The summed E-state index contributed by atoms with van der Waals surface area (Å²) >= 11 is 0. The number of rotatable bonds is 5. The number of benzene rings is 1. The minimum absolute atomic E-state index is 0.0521. The summed E-state index contributed by atoms with van der Waals surface area (Å²) in [5.74, 6) is -1.63. The standard InChI is InChI=1S/C20H29N3O4S.C2HF3O2/c1-3-10-22-13-17-18(14-22)20(21-19(17)24)8-11-23(12-9-20)28(25,26)16-6-4-15(27-2)5-7-16;3-2(4,5)1(6)7/h4-7,17-18H,3,8-14H2,1-2H3,(H,21,24);(H,6,7)/t17-,18+;/m1./s1. The van der Waals surface area contributed by atoms with Gasteiger partial charge in [-0.2, -0.15) is 17.5 Å². The highest BCUT2D eigenvalue weighted by atomic mass is 32.2. The van der Waals surface area contributed by atoms with Gasteiger partial charge in [-0.25, -0.2) is 13.2 Å². The Kier molecular flexibility index (Phi) is 8.02. The summed E-state index contributed by atoms with van der Waals surface area (Å²) in [4.78, 5) is 24.1. The Labute approximate surface area is 202 Å². The molecule has 3 aliphatic heterocycles.